The molecule has 33 heavy (non-hydrogen) atoms. The molecule has 1 saturated heterocycles. The number of imidazole rings is 1. The van der Waals surface area contributed by atoms with Gasteiger partial charge in [-0.2, -0.15) is 0 Å². The van der Waals surface area contributed by atoms with Crippen molar-refractivity contribution in [2.24, 2.45) is 0 Å². The molecule has 0 saturated carbocycles. The highest BCUT2D eigenvalue weighted by molar-refractivity contribution is 5.88. The second-order valence-corrected chi connectivity index (χ2v) is 8.41. The van der Waals surface area contributed by atoms with Gasteiger partial charge in [0.1, 0.15) is 5.75 Å². The van der Waals surface area contributed by atoms with Gasteiger partial charge in [0, 0.05) is 61.2 Å². The summed E-state index contributed by atoms with van der Waals surface area (Å²) in [5.41, 5.74) is 4.80. The Hall–Kier alpha value is -3.78. The molecule has 3 N–H and O–H groups in total. The topological polar surface area (TPSA) is 97.5 Å². The minimum absolute atomic E-state index is 0.0618. The van der Waals surface area contributed by atoms with E-state index in [1.807, 2.05) is 24.5 Å². The zero-order chi connectivity index (χ0) is 22.9. The first kappa shape index (κ1) is 21.1. The lowest BCUT2D eigenvalue weighted by molar-refractivity contribution is 0.0696. The lowest BCUT2D eigenvalue weighted by Crippen LogP contribution is -2.48. The van der Waals surface area contributed by atoms with Crippen molar-refractivity contribution in [2.75, 3.05) is 31.6 Å². The molecule has 1 aliphatic rings. The van der Waals surface area contributed by atoms with Crippen LogP contribution in [0.5, 0.6) is 5.75 Å². The van der Waals surface area contributed by atoms with Gasteiger partial charge in [0.25, 0.3) is 0 Å². The summed E-state index contributed by atoms with van der Waals surface area (Å²) in [6, 6.07) is 11.5. The molecule has 3 heterocycles. The van der Waals surface area contributed by atoms with Crippen molar-refractivity contribution in [3.63, 3.8) is 0 Å². The Kier molecular flexibility index (Phi) is 5.51. The van der Waals surface area contributed by atoms with Gasteiger partial charge in [0.05, 0.1) is 18.7 Å². The number of aromatic amines is 2. The summed E-state index contributed by atoms with van der Waals surface area (Å²) in [5.74, 6) is 0.814. The third kappa shape index (κ3) is 3.93. The van der Waals surface area contributed by atoms with E-state index in [2.05, 4.69) is 43.8 Å². The first-order chi connectivity index (χ1) is 16.0. The number of ether oxygens (including phenoxy) is 1. The Balaban J connectivity index is 1.51. The predicted molar refractivity (Wildman–Crippen MR) is 127 cm³/mol. The third-order valence-electron chi connectivity index (χ3n) is 6.51. The second kappa shape index (κ2) is 8.63. The Morgan fingerprint density at radius 1 is 1.18 bits per heavy atom. The molecule has 0 bridgehead atoms. The zero-order valence-electron chi connectivity index (χ0n) is 18.7. The highest BCUT2D eigenvalue weighted by Crippen LogP contribution is 2.35. The number of nitrogens with one attached hydrogen (secondary N) is 2. The van der Waals surface area contributed by atoms with Crippen molar-refractivity contribution in [3.05, 3.63) is 77.2 Å². The standard InChI is InChI=1S/C25H27N5O3/c1-16-13-22(33-2)20(19-7-8-26-23(16)19)14-29-11-12-30(25-27-9-10-28-25)15-21(29)17-3-5-18(6-4-17)24(31)32/h3-10,13,21,26H,11-12,14-15H2,1-2H3,(H,27,28)(H,31,32)/t21-/m0/s1. The molecule has 170 valence electrons. The van der Waals surface area contributed by atoms with E-state index in [9.17, 15) is 9.90 Å². The summed E-state index contributed by atoms with van der Waals surface area (Å²) >= 11 is 0. The van der Waals surface area contributed by atoms with E-state index in [4.69, 9.17) is 4.74 Å². The normalized spacial score (nSPS) is 16.9. The molecule has 4 aromatic rings. The number of aromatic nitrogens is 3. The minimum atomic E-state index is -0.918. The number of anilines is 1. The molecule has 1 aliphatic heterocycles. The van der Waals surface area contributed by atoms with E-state index in [0.29, 0.717) is 5.56 Å². The average Bonchev–Trinajstić information content (AvgIpc) is 3.54. The predicted octanol–water partition coefficient (Wildman–Crippen LogP) is 3.97. The van der Waals surface area contributed by atoms with Crippen LogP contribution in [0.3, 0.4) is 0 Å². The number of piperazine rings is 1. The molecular weight excluding hydrogens is 418 g/mol. The molecule has 0 amide bonds. The third-order valence-corrected chi connectivity index (χ3v) is 6.51. The fraction of sp³-hybridized carbons (Fsp3) is 0.280. The number of hydrogen-bond acceptors (Lipinski definition) is 5. The van der Waals surface area contributed by atoms with Gasteiger partial charge >= 0.3 is 5.97 Å². The molecule has 1 fully saturated rings. The fourth-order valence-electron chi connectivity index (χ4n) is 4.78. The van der Waals surface area contributed by atoms with Crippen molar-refractivity contribution < 1.29 is 14.6 Å². The first-order valence-corrected chi connectivity index (χ1v) is 11.0. The SMILES string of the molecule is COc1cc(C)c2[nH]ccc2c1CN1CCN(c2ncc[nH]2)C[C@H]1c1ccc(C(=O)O)cc1. The van der Waals surface area contributed by atoms with E-state index in [-0.39, 0.29) is 6.04 Å². The highest BCUT2D eigenvalue weighted by atomic mass is 16.5. The maximum Gasteiger partial charge on any atom is 0.335 e. The van der Waals surface area contributed by atoms with Gasteiger partial charge in [-0.3, -0.25) is 4.90 Å². The number of aryl methyl sites for hydroxylation is 1. The molecule has 5 rings (SSSR count). The Morgan fingerprint density at radius 2 is 2.00 bits per heavy atom. The molecule has 0 radical (unpaired) electrons. The van der Waals surface area contributed by atoms with Crippen LogP contribution in [0.25, 0.3) is 10.9 Å². The minimum Gasteiger partial charge on any atom is -0.496 e. The molecule has 2 aromatic carbocycles. The van der Waals surface area contributed by atoms with Gasteiger partial charge in [0.15, 0.2) is 0 Å². The number of carboxylic acids is 1. The summed E-state index contributed by atoms with van der Waals surface area (Å²) < 4.78 is 5.78. The van der Waals surface area contributed by atoms with Gasteiger partial charge in [0.2, 0.25) is 5.95 Å². The maximum absolute atomic E-state index is 11.4. The molecule has 0 unspecified atom stereocenters. The average molecular weight is 446 g/mol. The Labute approximate surface area is 191 Å². The van der Waals surface area contributed by atoms with Crippen LogP contribution in [-0.2, 0) is 6.54 Å². The van der Waals surface area contributed by atoms with Crippen molar-refractivity contribution in [2.45, 2.75) is 19.5 Å². The van der Waals surface area contributed by atoms with Crippen LogP contribution in [0, 0.1) is 6.92 Å². The molecule has 8 heteroatoms. The first-order valence-electron chi connectivity index (χ1n) is 11.0. The smallest absolute Gasteiger partial charge is 0.335 e. The summed E-state index contributed by atoms with van der Waals surface area (Å²) in [7, 11) is 1.72. The summed E-state index contributed by atoms with van der Waals surface area (Å²) in [5, 5.41) is 10.5. The lowest BCUT2D eigenvalue weighted by Gasteiger charge is -2.42. The van der Waals surface area contributed by atoms with Crippen LogP contribution in [0.4, 0.5) is 5.95 Å². The van der Waals surface area contributed by atoms with Crippen LogP contribution in [0.1, 0.15) is 33.1 Å². The van der Waals surface area contributed by atoms with E-state index in [1.54, 1.807) is 25.4 Å². The number of nitrogens with zero attached hydrogens (tertiary/aromatic N) is 3. The van der Waals surface area contributed by atoms with Crippen LogP contribution in [-0.4, -0.2) is 57.7 Å². The van der Waals surface area contributed by atoms with Crippen LogP contribution >= 0.6 is 0 Å². The molecule has 0 aliphatic carbocycles. The van der Waals surface area contributed by atoms with E-state index in [0.717, 1.165) is 60.1 Å². The van der Waals surface area contributed by atoms with E-state index >= 15 is 0 Å². The number of fused-ring (bicyclic) bond motifs is 1. The second-order valence-electron chi connectivity index (χ2n) is 8.41. The Bertz CT molecular complexity index is 1260. The van der Waals surface area contributed by atoms with Gasteiger partial charge in [-0.15, -0.1) is 0 Å². The van der Waals surface area contributed by atoms with Crippen molar-refractivity contribution in [1.29, 1.82) is 0 Å². The van der Waals surface area contributed by atoms with Crippen LogP contribution < -0.4 is 9.64 Å². The number of carboxylic acid groups (broad SMARTS) is 1. The van der Waals surface area contributed by atoms with Gasteiger partial charge in [-0.25, -0.2) is 9.78 Å². The number of methoxy groups -OCH3 is 1. The lowest BCUT2D eigenvalue weighted by atomic mass is 9.98. The number of H-pyrrole nitrogens is 2. The monoisotopic (exact) mass is 445 g/mol. The largest absolute Gasteiger partial charge is 0.496 e. The van der Waals surface area contributed by atoms with Crippen LogP contribution in [0.2, 0.25) is 0 Å². The van der Waals surface area contributed by atoms with Crippen molar-refractivity contribution >= 4 is 22.8 Å². The number of carbonyl (C=O) groups is 1. The highest BCUT2D eigenvalue weighted by Gasteiger charge is 2.30. The maximum atomic E-state index is 11.4. The van der Waals surface area contributed by atoms with Gasteiger partial charge in [-0.1, -0.05) is 12.1 Å². The Morgan fingerprint density at radius 3 is 2.70 bits per heavy atom. The van der Waals surface area contributed by atoms with Gasteiger partial charge < -0.3 is 24.7 Å². The van der Waals surface area contributed by atoms with Crippen molar-refractivity contribution in [3.8, 4) is 5.75 Å². The summed E-state index contributed by atoms with van der Waals surface area (Å²) in [6.45, 7) is 5.20. The number of hydrogen-bond donors (Lipinski definition) is 3. The van der Waals surface area contributed by atoms with Crippen molar-refractivity contribution in [1.82, 2.24) is 19.9 Å². The van der Waals surface area contributed by atoms with E-state index in [1.165, 1.54) is 5.39 Å². The zero-order valence-corrected chi connectivity index (χ0v) is 18.7. The summed E-state index contributed by atoms with van der Waals surface area (Å²) in [6.07, 6.45) is 5.56. The fourth-order valence-corrected chi connectivity index (χ4v) is 4.78. The molecular formula is C25H27N5O3. The van der Waals surface area contributed by atoms with Gasteiger partial charge in [-0.05, 0) is 42.3 Å². The number of rotatable bonds is 6. The molecule has 8 nitrogen and oxygen atoms in total. The summed E-state index contributed by atoms with van der Waals surface area (Å²) in [4.78, 5) is 27.0. The van der Waals surface area contributed by atoms with E-state index < -0.39 is 5.97 Å². The molecule has 0 spiro atoms. The molecule has 1 atom stereocenters. The molecule has 2 aromatic heterocycles. The number of aromatic carboxylic acids is 1. The quantitative estimate of drug-likeness (QED) is 0.416. The van der Waals surface area contributed by atoms with Crippen LogP contribution in [0.15, 0.2) is 55.0 Å². The number of benzene rings is 2.